The monoisotopic (exact) mass is 281 g/mol. The molecule has 1 aromatic heterocycles. The molecule has 4 rings (SSSR count). The Morgan fingerprint density at radius 1 is 1.10 bits per heavy atom. The molecule has 2 aliphatic rings. The minimum atomic E-state index is 0.752. The van der Waals surface area contributed by atoms with Gasteiger partial charge in [0.15, 0.2) is 0 Å². The molecule has 2 heterocycles. The molecule has 1 aliphatic carbocycles. The molecule has 1 unspecified atom stereocenters. The van der Waals surface area contributed by atoms with E-state index in [0.29, 0.717) is 0 Å². The van der Waals surface area contributed by atoms with Gasteiger partial charge in [-0.05, 0) is 37.3 Å². The predicted molar refractivity (Wildman–Crippen MR) is 84.0 cm³/mol. The Bertz CT molecular complexity index is 586. The smallest absolute Gasteiger partial charge is 0.111 e. The zero-order chi connectivity index (χ0) is 14.1. The van der Waals surface area contributed by atoms with Crippen LogP contribution in [0.5, 0.6) is 0 Å². The second-order valence-corrected chi connectivity index (χ2v) is 6.59. The minimum Gasteiger partial charge on any atom is -0.334 e. The molecule has 1 atom stereocenters. The first-order chi connectivity index (χ1) is 10.4. The topological polar surface area (TPSA) is 21.1 Å². The summed E-state index contributed by atoms with van der Waals surface area (Å²) in [6.45, 7) is 4.69. The van der Waals surface area contributed by atoms with E-state index in [1.807, 2.05) is 6.20 Å². The lowest BCUT2D eigenvalue weighted by Gasteiger charge is -2.17. The predicted octanol–water partition coefficient (Wildman–Crippen LogP) is 3.28. The number of hydrogen-bond acceptors (Lipinski definition) is 2. The maximum atomic E-state index is 4.56. The van der Waals surface area contributed by atoms with Gasteiger partial charge in [0.1, 0.15) is 5.82 Å². The third-order valence-electron chi connectivity index (χ3n) is 4.76. The number of likely N-dealkylation sites (tertiary alicyclic amines) is 1. The van der Waals surface area contributed by atoms with Gasteiger partial charge in [0.2, 0.25) is 0 Å². The summed E-state index contributed by atoms with van der Waals surface area (Å²) in [7, 11) is 0. The Hall–Kier alpha value is -1.61. The largest absolute Gasteiger partial charge is 0.334 e. The molecular formula is C18H23N3. The number of imidazole rings is 1. The van der Waals surface area contributed by atoms with E-state index in [1.54, 1.807) is 0 Å². The van der Waals surface area contributed by atoms with Gasteiger partial charge in [0.05, 0.1) is 0 Å². The van der Waals surface area contributed by atoms with Gasteiger partial charge in [-0.15, -0.1) is 0 Å². The van der Waals surface area contributed by atoms with Crippen molar-refractivity contribution in [3.8, 4) is 0 Å². The van der Waals surface area contributed by atoms with Crippen molar-refractivity contribution in [1.82, 2.24) is 14.5 Å². The zero-order valence-corrected chi connectivity index (χ0v) is 12.5. The molecule has 2 fully saturated rings. The molecule has 1 aromatic carbocycles. The van der Waals surface area contributed by atoms with Crippen LogP contribution in [-0.4, -0.2) is 27.5 Å². The summed E-state index contributed by atoms with van der Waals surface area (Å²) in [5.74, 6) is 2.86. The Morgan fingerprint density at radius 3 is 2.76 bits per heavy atom. The van der Waals surface area contributed by atoms with Crippen LogP contribution in [0.2, 0.25) is 0 Å². The van der Waals surface area contributed by atoms with Crippen molar-refractivity contribution < 1.29 is 0 Å². The lowest BCUT2D eigenvalue weighted by atomic mass is 10.1. The number of benzene rings is 1. The van der Waals surface area contributed by atoms with Crippen LogP contribution >= 0.6 is 0 Å². The van der Waals surface area contributed by atoms with E-state index >= 15 is 0 Å². The van der Waals surface area contributed by atoms with Crippen LogP contribution in [0.1, 0.15) is 36.6 Å². The number of hydrogen-bond donors (Lipinski definition) is 0. The quantitative estimate of drug-likeness (QED) is 0.838. The van der Waals surface area contributed by atoms with Gasteiger partial charge in [-0.3, -0.25) is 4.90 Å². The van der Waals surface area contributed by atoms with Gasteiger partial charge >= 0.3 is 0 Å². The highest BCUT2D eigenvalue weighted by Crippen LogP contribution is 2.39. The number of rotatable bonds is 5. The Balaban J connectivity index is 1.35. The van der Waals surface area contributed by atoms with Crippen molar-refractivity contribution in [3.63, 3.8) is 0 Å². The van der Waals surface area contributed by atoms with Crippen LogP contribution in [0.3, 0.4) is 0 Å². The molecule has 1 saturated heterocycles. The van der Waals surface area contributed by atoms with Crippen LogP contribution in [0.15, 0.2) is 42.7 Å². The summed E-state index contributed by atoms with van der Waals surface area (Å²) in [6, 6.07) is 10.8. The fourth-order valence-electron chi connectivity index (χ4n) is 3.50. The summed E-state index contributed by atoms with van der Waals surface area (Å²) >= 11 is 0. The van der Waals surface area contributed by atoms with Crippen LogP contribution in [0.4, 0.5) is 0 Å². The molecule has 2 aromatic rings. The summed E-state index contributed by atoms with van der Waals surface area (Å²) in [6.07, 6.45) is 8.14. The molecule has 0 N–H and O–H groups in total. The summed E-state index contributed by atoms with van der Waals surface area (Å²) < 4.78 is 2.41. The van der Waals surface area contributed by atoms with E-state index in [4.69, 9.17) is 0 Å². The van der Waals surface area contributed by atoms with Crippen molar-refractivity contribution >= 4 is 0 Å². The summed E-state index contributed by atoms with van der Waals surface area (Å²) in [5, 5.41) is 0. The number of nitrogens with zero attached hydrogens (tertiary/aromatic N) is 3. The van der Waals surface area contributed by atoms with Crippen LogP contribution in [0.25, 0.3) is 0 Å². The van der Waals surface area contributed by atoms with Gasteiger partial charge in [0.25, 0.3) is 0 Å². The van der Waals surface area contributed by atoms with Crippen molar-refractivity contribution in [2.24, 2.45) is 5.92 Å². The fraction of sp³-hybridized carbons (Fsp3) is 0.500. The van der Waals surface area contributed by atoms with Crippen molar-refractivity contribution in [2.45, 2.75) is 38.3 Å². The second-order valence-electron chi connectivity index (χ2n) is 6.59. The molecule has 1 saturated carbocycles. The molecule has 0 radical (unpaired) electrons. The maximum absolute atomic E-state index is 4.56. The average Bonchev–Trinajstić information content (AvgIpc) is 3.09. The average molecular weight is 281 g/mol. The molecule has 0 spiro atoms. The van der Waals surface area contributed by atoms with Gasteiger partial charge in [0, 0.05) is 37.9 Å². The van der Waals surface area contributed by atoms with Crippen molar-refractivity contribution in [3.05, 3.63) is 54.1 Å². The molecule has 0 bridgehead atoms. The fourth-order valence-corrected chi connectivity index (χ4v) is 3.50. The first-order valence-corrected chi connectivity index (χ1v) is 8.16. The molecule has 3 nitrogen and oxygen atoms in total. The highest BCUT2D eigenvalue weighted by Gasteiger charge is 2.29. The van der Waals surface area contributed by atoms with Gasteiger partial charge in [-0.2, -0.15) is 0 Å². The molecule has 3 heteroatoms. The second kappa shape index (κ2) is 5.64. The zero-order valence-electron chi connectivity index (χ0n) is 12.5. The van der Waals surface area contributed by atoms with Gasteiger partial charge < -0.3 is 4.57 Å². The van der Waals surface area contributed by atoms with Crippen molar-refractivity contribution in [1.29, 1.82) is 0 Å². The van der Waals surface area contributed by atoms with Gasteiger partial charge in [-0.25, -0.2) is 4.98 Å². The minimum absolute atomic E-state index is 0.752. The van der Waals surface area contributed by atoms with Crippen LogP contribution < -0.4 is 0 Å². The first kappa shape index (κ1) is 13.1. The molecular weight excluding hydrogens is 258 g/mol. The maximum Gasteiger partial charge on any atom is 0.111 e. The van der Waals surface area contributed by atoms with E-state index in [1.165, 1.54) is 43.7 Å². The SMILES string of the molecule is c1ccc(CN2CCC(Cn3ccnc3C3CC3)C2)cc1. The van der Waals surface area contributed by atoms with Crippen LogP contribution in [-0.2, 0) is 13.1 Å². The standard InChI is InChI=1S/C18H23N3/c1-2-4-15(5-3-1)12-20-10-8-16(13-20)14-21-11-9-19-18(21)17-6-7-17/h1-5,9,11,16-17H,6-8,10,12-14H2. The molecule has 21 heavy (non-hydrogen) atoms. The van der Waals surface area contributed by atoms with E-state index in [0.717, 1.165) is 24.9 Å². The lowest BCUT2D eigenvalue weighted by molar-refractivity contribution is 0.308. The third kappa shape index (κ3) is 3.03. The molecule has 0 amide bonds. The van der Waals surface area contributed by atoms with E-state index < -0.39 is 0 Å². The first-order valence-electron chi connectivity index (χ1n) is 8.16. The molecule has 110 valence electrons. The van der Waals surface area contributed by atoms with Crippen molar-refractivity contribution in [2.75, 3.05) is 13.1 Å². The highest BCUT2D eigenvalue weighted by molar-refractivity contribution is 5.14. The van der Waals surface area contributed by atoms with Gasteiger partial charge in [-0.1, -0.05) is 30.3 Å². The molecule has 1 aliphatic heterocycles. The summed E-state index contributed by atoms with van der Waals surface area (Å²) in [5.41, 5.74) is 1.43. The van der Waals surface area contributed by atoms with E-state index in [2.05, 4.69) is 51.0 Å². The van der Waals surface area contributed by atoms with Crippen LogP contribution in [0, 0.1) is 5.92 Å². The Kier molecular flexibility index (Phi) is 3.52. The lowest BCUT2D eigenvalue weighted by Crippen LogP contribution is -2.21. The Morgan fingerprint density at radius 2 is 1.95 bits per heavy atom. The third-order valence-corrected chi connectivity index (χ3v) is 4.76. The normalized spacial score (nSPS) is 22.8. The van der Waals surface area contributed by atoms with E-state index in [-0.39, 0.29) is 0 Å². The van der Waals surface area contributed by atoms with E-state index in [9.17, 15) is 0 Å². The Labute approximate surface area is 126 Å². The number of aromatic nitrogens is 2. The summed E-state index contributed by atoms with van der Waals surface area (Å²) in [4.78, 5) is 7.15. The highest BCUT2D eigenvalue weighted by atomic mass is 15.2.